The number of anilines is 1. The number of rotatable bonds is 15. The van der Waals surface area contributed by atoms with Crippen molar-refractivity contribution in [3.05, 3.63) is 11.6 Å². The topological polar surface area (TPSA) is 221 Å². The van der Waals surface area contributed by atoms with Crippen molar-refractivity contribution in [1.29, 1.82) is 0 Å². The van der Waals surface area contributed by atoms with Crippen molar-refractivity contribution in [3.8, 4) is 0 Å². The highest BCUT2D eigenvalue weighted by atomic mass is 35.5. The summed E-state index contributed by atoms with van der Waals surface area (Å²) in [5, 5.41) is 14.1. The fraction of sp³-hybridized carbons (Fsp3) is 0.680. The van der Waals surface area contributed by atoms with E-state index in [4.69, 9.17) is 30.1 Å². The van der Waals surface area contributed by atoms with Gasteiger partial charge in [0.05, 0.1) is 38.3 Å². The van der Waals surface area contributed by atoms with Gasteiger partial charge in [-0.2, -0.15) is 9.97 Å². The number of ether oxygens (including phenoxy) is 6. The number of amides is 1. The molecule has 0 aromatic carbocycles. The molecule has 21 heteroatoms. The van der Waals surface area contributed by atoms with Crippen LogP contribution in [0.1, 0.15) is 32.9 Å². The molecule has 46 heavy (non-hydrogen) atoms. The quantitative estimate of drug-likeness (QED) is 0.118. The molecule has 4 heterocycles. The van der Waals surface area contributed by atoms with Crippen molar-refractivity contribution in [2.75, 3.05) is 65.1 Å². The summed E-state index contributed by atoms with van der Waals surface area (Å²) < 4.78 is 55.0. The Morgan fingerprint density at radius 2 is 1.80 bits per heavy atom. The first kappa shape index (κ1) is 35.5. The van der Waals surface area contributed by atoms with Crippen molar-refractivity contribution >= 4 is 54.4 Å². The predicted octanol–water partition coefficient (Wildman–Crippen LogP) is 2.27. The number of imidazole rings is 1. The van der Waals surface area contributed by atoms with E-state index < -0.39 is 64.0 Å². The third kappa shape index (κ3) is 9.60. The molecule has 0 aliphatic carbocycles. The van der Waals surface area contributed by atoms with Gasteiger partial charge in [0.2, 0.25) is 24.8 Å². The Morgan fingerprint density at radius 1 is 1.13 bits per heavy atom. The van der Waals surface area contributed by atoms with Gasteiger partial charge < -0.3 is 43.7 Å². The standard InChI is InChI=1S/C25H36ClN6O13P/c1-4-39-24(35)41-13-43-46(37,44-14-42-25(36)40-5-2)11-18(34)31(3)9-16-8-17(33)22(45-16)32-12-27-19-20(28-15-6-7-38-10-15)29-23(26)30-21(19)32/h12,15-17,22,33H,4-11,13-14H2,1-3H3,(H,28,29,30)/t15-,16-,17+,22+/m0/s1. The number of nitrogens with zero attached hydrogens (tertiary/aromatic N) is 5. The average Bonchev–Trinajstić information content (AvgIpc) is 3.73. The van der Waals surface area contributed by atoms with Gasteiger partial charge >= 0.3 is 19.9 Å². The lowest BCUT2D eigenvalue weighted by atomic mass is 10.2. The Balaban J connectivity index is 1.38. The van der Waals surface area contributed by atoms with E-state index in [2.05, 4.69) is 39.2 Å². The van der Waals surface area contributed by atoms with Gasteiger partial charge in [-0.05, 0) is 31.9 Å². The van der Waals surface area contributed by atoms with E-state index in [0.29, 0.717) is 30.2 Å². The minimum atomic E-state index is -4.34. The molecule has 2 aliphatic rings. The lowest BCUT2D eigenvalue weighted by Crippen LogP contribution is -2.36. The summed E-state index contributed by atoms with van der Waals surface area (Å²) >= 11 is 6.20. The van der Waals surface area contributed by atoms with Crippen LogP contribution in [0.15, 0.2) is 6.33 Å². The minimum Gasteiger partial charge on any atom is -0.435 e. The third-order valence-electron chi connectivity index (χ3n) is 6.71. The summed E-state index contributed by atoms with van der Waals surface area (Å²) in [7, 11) is -2.92. The summed E-state index contributed by atoms with van der Waals surface area (Å²) in [6.45, 7) is 2.52. The first-order valence-electron chi connectivity index (χ1n) is 14.3. The van der Waals surface area contributed by atoms with E-state index >= 15 is 0 Å². The molecule has 4 atom stereocenters. The molecule has 0 spiro atoms. The van der Waals surface area contributed by atoms with Crippen LogP contribution >= 0.6 is 19.2 Å². The highest BCUT2D eigenvalue weighted by Gasteiger charge is 2.39. The van der Waals surface area contributed by atoms with E-state index in [1.807, 2.05) is 0 Å². The normalized spacial score (nSPS) is 21.2. The number of fused-ring (bicyclic) bond motifs is 1. The monoisotopic (exact) mass is 694 g/mol. The van der Waals surface area contributed by atoms with Crippen LogP contribution in [-0.2, 0) is 46.8 Å². The van der Waals surface area contributed by atoms with Gasteiger partial charge in [0.1, 0.15) is 12.3 Å². The zero-order chi connectivity index (χ0) is 33.3. The van der Waals surface area contributed by atoms with Gasteiger partial charge in [-0.3, -0.25) is 23.0 Å². The molecule has 0 radical (unpaired) electrons. The molecule has 0 unspecified atom stereocenters. The second-order valence-corrected chi connectivity index (χ2v) is 12.4. The molecule has 2 fully saturated rings. The number of carbonyl (C=O) groups excluding carboxylic acids is 3. The van der Waals surface area contributed by atoms with E-state index in [1.165, 1.54) is 22.8 Å². The fourth-order valence-electron chi connectivity index (χ4n) is 4.57. The summed E-state index contributed by atoms with van der Waals surface area (Å²) in [6, 6.07) is 0.0337. The lowest BCUT2D eigenvalue weighted by Gasteiger charge is -2.24. The van der Waals surface area contributed by atoms with Gasteiger partial charge in [0.25, 0.3) is 0 Å². The number of halogens is 1. The number of carbonyl (C=O) groups is 3. The van der Waals surface area contributed by atoms with Crippen molar-refractivity contribution < 1.29 is 61.5 Å². The smallest absolute Gasteiger partial charge is 0.435 e. The lowest BCUT2D eigenvalue weighted by molar-refractivity contribution is -0.129. The molecule has 4 rings (SSSR count). The van der Waals surface area contributed by atoms with Crippen LogP contribution in [0, 0.1) is 0 Å². The van der Waals surface area contributed by atoms with E-state index in [1.54, 1.807) is 13.8 Å². The number of likely N-dealkylation sites (N-methyl/N-ethyl adjacent to an activating group) is 1. The molecule has 2 aromatic heterocycles. The van der Waals surface area contributed by atoms with E-state index in [0.717, 1.165) is 6.42 Å². The SMILES string of the molecule is CCOC(=O)OCOP(=O)(CC(=O)N(C)C[C@@H]1C[C@@H](O)[C@H](n2cnc3c(N[C@H]4CCOC4)nc(Cl)nc32)O1)OCOC(=O)OCC. The third-order valence-corrected chi connectivity index (χ3v) is 8.54. The molecular formula is C25H36ClN6O13P. The number of aromatic nitrogens is 4. The number of aliphatic hydroxyl groups excluding tert-OH is 1. The molecule has 1 amide bonds. The predicted molar refractivity (Wildman–Crippen MR) is 156 cm³/mol. The molecule has 2 saturated heterocycles. The molecule has 2 aliphatic heterocycles. The van der Waals surface area contributed by atoms with E-state index in [-0.39, 0.29) is 37.5 Å². The maximum Gasteiger partial charge on any atom is 0.510 e. The second kappa shape index (κ2) is 16.5. The van der Waals surface area contributed by atoms with Crippen LogP contribution < -0.4 is 5.32 Å². The van der Waals surface area contributed by atoms with Gasteiger partial charge in [0.15, 0.2) is 23.2 Å². The average molecular weight is 695 g/mol. The second-order valence-electron chi connectivity index (χ2n) is 10.0. The van der Waals surface area contributed by atoms with Gasteiger partial charge in [0, 0.05) is 26.6 Å². The number of aliphatic hydroxyl groups is 1. The van der Waals surface area contributed by atoms with Crippen LogP contribution in [-0.4, -0.2) is 126 Å². The molecule has 256 valence electrons. The van der Waals surface area contributed by atoms with Crippen LogP contribution in [0.3, 0.4) is 0 Å². The summed E-state index contributed by atoms with van der Waals surface area (Å²) in [5.41, 5.74) is 0.762. The van der Waals surface area contributed by atoms with Crippen molar-refractivity contribution in [2.24, 2.45) is 0 Å². The Bertz CT molecular complexity index is 1380. The summed E-state index contributed by atoms with van der Waals surface area (Å²) in [6.07, 6.45) is -3.19. The summed E-state index contributed by atoms with van der Waals surface area (Å²) in [5.74, 6) is -0.288. The summed E-state index contributed by atoms with van der Waals surface area (Å²) in [4.78, 5) is 50.2. The first-order valence-corrected chi connectivity index (χ1v) is 16.4. The van der Waals surface area contributed by atoms with Crippen LogP contribution in [0.4, 0.5) is 15.4 Å². The van der Waals surface area contributed by atoms with Gasteiger partial charge in [-0.1, -0.05) is 0 Å². The zero-order valence-electron chi connectivity index (χ0n) is 25.4. The maximum atomic E-state index is 13.3. The van der Waals surface area contributed by atoms with Crippen LogP contribution in [0.2, 0.25) is 5.28 Å². The Hall–Kier alpha value is -3.32. The minimum absolute atomic E-state index is 0.0233. The number of nitrogens with one attached hydrogen (secondary N) is 1. The molecule has 19 nitrogen and oxygen atoms in total. The van der Waals surface area contributed by atoms with Crippen LogP contribution in [0.25, 0.3) is 11.2 Å². The highest BCUT2D eigenvalue weighted by molar-refractivity contribution is 7.54. The van der Waals surface area contributed by atoms with Crippen molar-refractivity contribution in [2.45, 2.75) is 51.2 Å². The molecule has 0 bridgehead atoms. The van der Waals surface area contributed by atoms with Crippen molar-refractivity contribution in [1.82, 2.24) is 24.4 Å². The van der Waals surface area contributed by atoms with Crippen molar-refractivity contribution in [3.63, 3.8) is 0 Å². The number of hydrogen-bond donors (Lipinski definition) is 2. The number of hydrogen-bond acceptors (Lipinski definition) is 17. The maximum absolute atomic E-state index is 13.3. The molecule has 2 aromatic rings. The largest absolute Gasteiger partial charge is 0.510 e. The van der Waals surface area contributed by atoms with E-state index in [9.17, 15) is 24.1 Å². The fourth-order valence-corrected chi connectivity index (χ4v) is 5.99. The Kier molecular flexibility index (Phi) is 12.7. The van der Waals surface area contributed by atoms with Crippen LogP contribution in [0.5, 0.6) is 0 Å². The Morgan fingerprint density at radius 3 is 2.41 bits per heavy atom. The Labute approximate surface area is 268 Å². The highest BCUT2D eigenvalue weighted by Crippen LogP contribution is 2.48. The zero-order valence-corrected chi connectivity index (χ0v) is 27.0. The van der Waals surface area contributed by atoms with Gasteiger partial charge in [-0.25, -0.2) is 14.6 Å². The molecule has 2 N–H and O–H groups in total. The molecular weight excluding hydrogens is 659 g/mol. The molecule has 0 saturated carbocycles. The van der Waals surface area contributed by atoms with Gasteiger partial charge in [-0.15, -0.1) is 0 Å². The first-order chi connectivity index (χ1) is 22.0.